The van der Waals surface area contributed by atoms with Gasteiger partial charge in [-0.3, -0.25) is 4.79 Å². The van der Waals surface area contributed by atoms with Gasteiger partial charge in [-0.15, -0.1) is 0 Å². The molecule has 4 aliphatic carbocycles. The monoisotopic (exact) mass is 566 g/mol. The van der Waals surface area contributed by atoms with Crippen LogP contribution in [0.3, 0.4) is 0 Å². The van der Waals surface area contributed by atoms with Crippen molar-refractivity contribution < 1.29 is 19.7 Å². The Kier molecular flexibility index (Phi) is 8.12. The number of nitrogens with zero attached hydrogens (tertiary/aromatic N) is 2. The molecule has 5 fully saturated rings. The summed E-state index contributed by atoms with van der Waals surface area (Å²) in [6, 6.07) is 8.21. The summed E-state index contributed by atoms with van der Waals surface area (Å²) in [5.74, 6) is 4.41. The molecule has 1 amide bonds. The Balaban J connectivity index is 1.03. The first-order chi connectivity index (χ1) is 19.6. The van der Waals surface area contributed by atoms with E-state index in [9.17, 15) is 15.0 Å². The van der Waals surface area contributed by atoms with Crippen LogP contribution in [0.4, 0.5) is 5.69 Å². The molecule has 0 spiro atoms. The molecule has 1 heterocycles. The molecule has 6 nitrogen and oxygen atoms in total. The lowest BCUT2D eigenvalue weighted by molar-refractivity contribution is -0.174. The number of piperazine rings is 1. The van der Waals surface area contributed by atoms with Crippen LogP contribution in [0.5, 0.6) is 5.75 Å². The molecule has 0 unspecified atom stereocenters. The van der Waals surface area contributed by atoms with Crippen molar-refractivity contribution in [1.29, 1.82) is 0 Å². The van der Waals surface area contributed by atoms with E-state index in [1.807, 2.05) is 12.1 Å². The maximum Gasteiger partial charge on any atom is 0.222 e. The maximum atomic E-state index is 13.3. The largest absolute Gasteiger partial charge is 0.497 e. The molecule has 6 rings (SSSR count). The van der Waals surface area contributed by atoms with E-state index in [0.29, 0.717) is 47.8 Å². The molecule has 10 atom stereocenters. The highest BCUT2D eigenvalue weighted by Gasteiger charge is 2.62. The molecule has 41 heavy (non-hydrogen) atoms. The zero-order valence-electron chi connectivity index (χ0n) is 25.9. The Labute approximate surface area is 247 Å². The molecular formula is C35H54N2O4. The maximum absolute atomic E-state index is 13.3. The Morgan fingerprint density at radius 3 is 2.34 bits per heavy atom. The van der Waals surface area contributed by atoms with Gasteiger partial charge in [0.25, 0.3) is 0 Å². The quantitative estimate of drug-likeness (QED) is 0.459. The van der Waals surface area contributed by atoms with Crippen LogP contribution in [-0.2, 0) is 4.79 Å². The zero-order valence-corrected chi connectivity index (χ0v) is 25.9. The smallest absolute Gasteiger partial charge is 0.222 e. The number of aliphatic hydroxyl groups is 2. The molecular weight excluding hydrogens is 512 g/mol. The average Bonchev–Trinajstić information content (AvgIpc) is 3.34. The number of ether oxygens (including phenoxy) is 1. The van der Waals surface area contributed by atoms with Crippen molar-refractivity contribution in [2.45, 2.75) is 97.2 Å². The van der Waals surface area contributed by atoms with Crippen LogP contribution in [0, 0.1) is 46.3 Å². The molecule has 1 aromatic rings. The van der Waals surface area contributed by atoms with Gasteiger partial charge in [-0.2, -0.15) is 0 Å². The van der Waals surface area contributed by atoms with Crippen molar-refractivity contribution in [3.8, 4) is 5.75 Å². The van der Waals surface area contributed by atoms with Crippen LogP contribution >= 0.6 is 0 Å². The van der Waals surface area contributed by atoms with Gasteiger partial charge in [0, 0.05) is 38.3 Å². The Hall–Kier alpha value is -1.79. The van der Waals surface area contributed by atoms with Crippen LogP contribution in [-0.4, -0.2) is 66.5 Å². The highest BCUT2D eigenvalue weighted by molar-refractivity contribution is 5.76. The molecule has 1 aliphatic heterocycles. The number of benzene rings is 1. The molecule has 2 N–H and O–H groups in total. The molecule has 4 saturated carbocycles. The molecule has 0 radical (unpaired) electrons. The highest BCUT2D eigenvalue weighted by Crippen LogP contribution is 2.68. The number of aliphatic hydroxyl groups excluding tert-OH is 2. The van der Waals surface area contributed by atoms with E-state index in [2.05, 4.69) is 42.7 Å². The minimum Gasteiger partial charge on any atom is -0.497 e. The van der Waals surface area contributed by atoms with E-state index >= 15 is 0 Å². The van der Waals surface area contributed by atoms with Gasteiger partial charge in [0.15, 0.2) is 0 Å². The van der Waals surface area contributed by atoms with E-state index < -0.39 is 0 Å². The lowest BCUT2D eigenvalue weighted by Gasteiger charge is -2.62. The second kappa shape index (κ2) is 11.4. The van der Waals surface area contributed by atoms with E-state index in [-0.39, 0.29) is 23.0 Å². The summed E-state index contributed by atoms with van der Waals surface area (Å²) >= 11 is 0. The highest BCUT2D eigenvalue weighted by atomic mass is 16.5. The van der Waals surface area contributed by atoms with E-state index in [4.69, 9.17) is 4.74 Å². The second-order valence-electron chi connectivity index (χ2n) is 15.0. The minimum absolute atomic E-state index is 0.178. The van der Waals surface area contributed by atoms with Crippen molar-refractivity contribution in [3.63, 3.8) is 0 Å². The standard InChI is InChI=1S/C35H54N2O4/c1-23(5-12-32(40)37-19-17-36(18-20-37)25-6-8-27(41-4)9-7-25)28-10-11-29-33-30(14-16-35(28,29)3)34(2)15-13-26(38)21-24(34)22-31(33)39/h6-9,23-24,26,28-31,33,38-39H,5,10-22H2,1-4H3/t23-,24-,26-,28+,29-,30-,31+,33+,34+,35-/m1/s1. The lowest BCUT2D eigenvalue weighted by Crippen LogP contribution is -2.58. The summed E-state index contributed by atoms with van der Waals surface area (Å²) in [4.78, 5) is 17.7. The minimum atomic E-state index is -0.222. The van der Waals surface area contributed by atoms with Crippen molar-refractivity contribution >= 4 is 11.6 Å². The molecule has 1 saturated heterocycles. The third-order valence-corrected chi connectivity index (χ3v) is 13.3. The molecule has 0 aromatic heterocycles. The summed E-state index contributed by atoms with van der Waals surface area (Å²) in [6.45, 7) is 10.8. The SMILES string of the molecule is COc1ccc(N2CCN(C(=O)CC[C@@H](C)[C@@H]3CC[C@@H]4[C@H]5[C@@H](CC[C@@]43C)[C@@]3(C)CC[C@@H](O)C[C@@H]3C[C@@H]5O)CC2)cc1. The first-order valence-corrected chi connectivity index (χ1v) is 16.7. The second-order valence-corrected chi connectivity index (χ2v) is 15.0. The third-order valence-electron chi connectivity index (χ3n) is 13.3. The van der Waals surface area contributed by atoms with Crippen LogP contribution in [0.1, 0.15) is 85.0 Å². The van der Waals surface area contributed by atoms with Gasteiger partial charge in [-0.1, -0.05) is 20.8 Å². The van der Waals surface area contributed by atoms with Crippen molar-refractivity contribution in [2.75, 3.05) is 38.2 Å². The van der Waals surface area contributed by atoms with E-state index in [0.717, 1.165) is 64.0 Å². The van der Waals surface area contributed by atoms with Gasteiger partial charge < -0.3 is 24.7 Å². The lowest BCUT2D eigenvalue weighted by atomic mass is 9.43. The first kappa shape index (κ1) is 29.3. The summed E-state index contributed by atoms with van der Waals surface area (Å²) < 4.78 is 5.29. The number of amides is 1. The molecule has 5 aliphatic rings. The van der Waals surface area contributed by atoms with Crippen LogP contribution in [0.2, 0.25) is 0 Å². The van der Waals surface area contributed by atoms with Crippen LogP contribution in [0.25, 0.3) is 0 Å². The van der Waals surface area contributed by atoms with Crippen LogP contribution in [0.15, 0.2) is 24.3 Å². The van der Waals surface area contributed by atoms with Crippen molar-refractivity contribution in [2.24, 2.45) is 46.3 Å². The van der Waals surface area contributed by atoms with Crippen molar-refractivity contribution in [1.82, 2.24) is 4.90 Å². The predicted octanol–water partition coefficient (Wildman–Crippen LogP) is 5.75. The average molecular weight is 567 g/mol. The zero-order chi connectivity index (χ0) is 28.9. The number of fused-ring (bicyclic) bond motifs is 5. The van der Waals surface area contributed by atoms with Gasteiger partial charge in [0.05, 0.1) is 19.3 Å². The number of anilines is 1. The number of carbonyl (C=O) groups is 1. The number of methoxy groups -OCH3 is 1. The van der Waals surface area contributed by atoms with E-state index in [1.165, 1.54) is 31.4 Å². The van der Waals surface area contributed by atoms with E-state index in [1.54, 1.807) is 7.11 Å². The third kappa shape index (κ3) is 5.19. The number of carbonyl (C=O) groups excluding carboxylic acids is 1. The number of hydrogen-bond donors (Lipinski definition) is 2. The van der Waals surface area contributed by atoms with Gasteiger partial charge in [0.2, 0.25) is 5.91 Å². The Morgan fingerprint density at radius 2 is 1.63 bits per heavy atom. The van der Waals surface area contributed by atoms with Gasteiger partial charge in [-0.25, -0.2) is 0 Å². The molecule has 228 valence electrons. The molecule has 1 aromatic carbocycles. The topological polar surface area (TPSA) is 73.2 Å². The normalized spacial score (nSPS) is 41.3. The Bertz CT molecular complexity index is 1070. The van der Waals surface area contributed by atoms with Gasteiger partial charge in [0.1, 0.15) is 5.75 Å². The fourth-order valence-electron chi connectivity index (χ4n) is 10.9. The first-order valence-electron chi connectivity index (χ1n) is 16.7. The van der Waals surface area contributed by atoms with Gasteiger partial charge in [-0.05, 0) is 128 Å². The summed E-state index contributed by atoms with van der Waals surface area (Å²) in [5.41, 5.74) is 1.74. The number of rotatable bonds is 6. The number of hydrogen-bond acceptors (Lipinski definition) is 5. The van der Waals surface area contributed by atoms with Gasteiger partial charge >= 0.3 is 0 Å². The molecule has 6 heteroatoms. The summed E-state index contributed by atoms with van der Waals surface area (Å²) in [5, 5.41) is 21.9. The predicted molar refractivity (Wildman–Crippen MR) is 163 cm³/mol. The Morgan fingerprint density at radius 1 is 0.951 bits per heavy atom. The fraction of sp³-hybridized carbons (Fsp3) is 0.800. The molecule has 0 bridgehead atoms. The van der Waals surface area contributed by atoms with Crippen LogP contribution < -0.4 is 9.64 Å². The summed E-state index contributed by atoms with van der Waals surface area (Å²) in [7, 11) is 1.69. The summed E-state index contributed by atoms with van der Waals surface area (Å²) in [6.07, 6.45) is 9.97. The van der Waals surface area contributed by atoms with Crippen molar-refractivity contribution in [3.05, 3.63) is 24.3 Å². The fourth-order valence-corrected chi connectivity index (χ4v) is 10.9.